The summed E-state index contributed by atoms with van der Waals surface area (Å²) in [5.41, 5.74) is 3.32. The largest absolute Gasteiger partial charge is 0.478 e. The summed E-state index contributed by atoms with van der Waals surface area (Å²) in [6.07, 6.45) is -0.466. The molecule has 5 nitrogen and oxygen atoms in total. The van der Waals surface area contributed by atoms with Gasteiger partial charge in [0.15, 0.2) is 6.10 Å². The zero-order valence-electron chi connectivity index (χ0n) is 16.3. The Morgan fingerprint density at radius 1 is 0.833 bits per heavy atom. The zero-order valence-corrected chi connectivity index (χ0v) is 16.3. The number of rotatable bonds is 4. The summed E-state index contributed by atoms with van der Waals surface area (Å²) in [7, 11) is 0. The van der Waals surface area contributed by atoms with E-state index in [1.165, 1.54) is 5.56 Å². The molecule has 3 aliphatic rings. The molecule has 0 unspecified atom stereocenters. The van der Waals surface area contributed by atoms with Crippen LogP contribution in [-0.2, 0) is 4.79 Å². The molecule has 0 N–H and O–H groups in total. The van der Waals surface area contributed by atoms with E-state index in [0.717, 1.165) is 17.1 Å². The number of ether oxygens (including phenoxy) is 1. The van der Waals surface area contributed by atoms with Crippen molar-refractivity contribution in [3.63, 3.8) is 0 Å². The Morgan fingerprint density at radius 2 is 1.47 bits per heavy atom. The second-order valence-corrected chi connectivity index (χ2v) is 7.96. The van der Waals surface area contributed by atoms with E-state index in [9.17, 15) is 4.79 Å². The molecule has 0 radical (unpaired) electrons. The number of anilines is 1. The molecule has 1 amide bonds. The van der Waals surface area contributed by atoms with Crippen molar-refractivity contribution in [1.82, 2.24) is 4.90 Å². The van der Waals surface area contributed by atoms with Gasteiger partial charge in [-0.2, -0.15) is 5.10 Å². The number of β-lactam (4-membered cyclic amide) rings is 1. The summed E-state index contributed by atoms with van der Waals surface area (Å²) in [4.78, 5) is 14.7. The average molecular weight is 395 g/mol. The summed E-state index contributed by atoms with van der Waals surface area (Å²) in [5, 5.41) is 7.12. The van der Waals surface area contributed by atoms with E-state index in [4.69, 9.17) is 9.84 Å². The van der Waals surface area contributed by atoms with Gasteiger partial charge in [0.05, 0.1) is 35.9 Å². The Balaban J connectivity index is 1.38. The van der Waals surface area contributed by atoms with Crippen LogP contribution in [0.4, 0.5) is 5.69 Å². The van der Waals surface area contributed by atoms with Gasteiger partial charge in [0.25, 0.3) is 5.91 Å². The number of nitrogens with zero attached hydrogens (tertiary/aromatic N) is 3. The van der Waals surface area contributed by atoms with E-state index >= 15 is 0 Å². The lowest BCUT2D eigenvalue weighted by Gasteiger charge is -2.45. The number of carbonyl (C=O) groups excluding carboxylic acids is 1. The lowest BCUT2D eigenvalue weighted by atomic mass is 9.81. The third-order valence-electron chi connectivity index (χ3n) is 6.29. The molecular weight excluding hydrogens is 374 g/mol. The van der Waals surface area contributed by atoms with Crippen LogP contribution in [0.3, 0.4) is 0 Å². The fourth-order valence-electron chi connectivity index (χ4n) is 4.96. The van der Waals surface area contributed by atoms with Crippen molar-refractivity contribution in [1.29, 1.82) is 0 Å². The zero-order chi connectivity index (χ0) is 20.1. The van der Waals surface area contributed by atoms with E-state index in [1.807, 2.05) is 59.5 Å². The molecule has 0 bridgehead atoms. The maximum absolute atomic E-state index is 12.8. The van der Waals surface area contributed by atoms with Crippen molar-refractivity contribution < 1.29 is 9.53 Å². The first kappa shape index (κ1) is 17.3. The van der Waals surface area contributed by atoms with Crippen molar-refractivity contribution in [3.8, 4) is 5.75 Å². The predicted molar refractivity (Wildman–Crippen MR) is 115 cm³/mol. The van der Waals surface area contributed by atoms with Gasteiger partial charge in [-0.25, -0.2) is 0 Å². The minimum absolute atomic E-state index is 0.00428. The molecule has 148 valence electrons. The van der Waals surface area contributed by atoms with Crippen LogP contribution in [0.1, 0.15) is 11.6 Å². The molecule has 3 heterocycles. The van der Waals surface area contributed by atoms with Crippen LogP contribution in [-0.4, -0.2) is 35.2 Å². The van der Waals surface area contributed by atoms with E-state index in [-0.39, 0.29) is 23.9 Å². The summed E-state index contributed by atoms with van der Waals surface area (Å²) in [6.45, 7) is 0.579. The highest BCUT2D eigenvalue weighted by molar-refractivity contribution is 6.04. The first-order chi connectivity index (χ1) is 14.8. The van der Waals surface area contributed by atoms with Crippen LogP contribution >= 0.6 is 0 Å². The van der Waals surface area contributed by atoms with Gasteiger partial charge in [-0.1, -0.05) is 66.7 Å². The number of hydrogen-bond acceptors (Lipinski definition) is 4. The summed E-state index contributed by atoms with van der Waals surface area (Å²) >= 11 is 0. The summed E-state index contributed by atoms with van der Waals surface area (Å²) < 4.78 is 6.15. The van der Waals surface area contributed by atoms with Gasteiger partial charge in [0.1, 0.15) is 5.75 Å². The first-order valence-corrected chi connectivity index (χ1v) is 10.3. The van der Waals surface area contributed by atoms with Crippen molar-refractivity contribution >= 4 is 17.3 Å². The molecule has 2 saturated heterocycles. The molecule has 0 aliphatic carbocycles. The number of hydrazone groups is 1. The number of amides is 1. The number of para-hydroxylation sites is 2. The molecule has 0 aromatic heterocycles. The highest BCUT2D eigenvalue weighted by Crippen LogP contribution is 2.49. The van der Waals surface area contributed by atoms with Crippen molar-refractivity contribution in [2.45, 2.75) is 18.2 Å². The molecule has 30 heavy (non-hydrogen) atoms. The normalized spacial score (nSPS) is 26.7. The van der Waals surface area contributed by atoms with Crippen LogP contribution in [0.5, 0.6) is 5.75 Å². The standard InChI is InChI=1S/C25H21N3O2/c29-25-24(30-19-14-8-3-9-15-19)23-21-20(16-27(23)25)26-28(18-12-6-2-7-13-18)22(21)17-10-4-1-5-11-17/h1-15,21-24H,16H2/t21-,22+,23+,24-/m0/s1. The quantitative estimate of drug-likeness (QED) is 0.630. The molecule has 3 aromatic rings. The van der Waals surface area contributed by atoms with Crippen molar-refractivity contribution in [2.24, 2.45) is 11.0 Å². The Morgan fingerprint density at radius 3 is 2.17 bits per heavy atom. The van der Waals surface area contributed by atoms with Crippen LogP contribution in [0.25, 0.3) is 0 Å². The minimum Gasteiger partial charge on any atom is -0.478 e. The number of carbonyl (C=O) groups is 1. The van der Waals surface area contributed by atoms with E-state index in [2.05, 4.69) is 41.4 Å². The molecule has 4 atom stereocenters. The smallest absolute Gasteiger partial charge is 0.266 e. The fraction of sp³-hybridized carbons (Fsp3) is 0.200. The highest BCUT2D eigenvalue weighted by atomic mass is 16.5. The summed E-state index contributed by atoms with van der Waals surface area (Å²) in [5.74, 6) is 0.896. The summed E-state index contributed by atoms with van der Waals surface area (Å²) in [6, 6.07) is 30.3. The lowest BCUT2D eigenvalue weighted by molar-refractivity contribution is -0.161. The van der Waals surface area contributed by atoms with Crippen LogP contribution in [0.15, 0.2) is 96.1 Å². The van der Waals surface area contributed by atoms with Gasteiger partial charge < -0.3 is 9.64 Å². The fourth-order valence-corrected chi connectivity index (χ4v) is 4.96. The van der Waals surface area contributed by atoms with Crippen molar-refractivity contribution in [2.75, 3.05) is 11.6 Å². The van der Waals surface area contributed by atoms with Gasteiger partial charge in [-0.3, -0.25) is 9.80 Å². The SMILES string of the molecule is O=C1[C@@H](Oc2ccccc2)[C@H]2[C@H]3C(=NN(c4ccccc4)[C@@H]3c3ccccc3)CN12. The Labute approximate surface area is 175 Å². The van der Waals surface area contributed by atoms with Gasteiger partial charge in [0, 0.05) is 0 Å². The number of fused-ring (bicyclic) bond motifs is 3. The first-order valence-electron chi connectivity index (χ1n) is 10.3. The minimum atomic E-state index is -0.466. The van der Waals surface area contributed by atoms with E-state index < -0.39 is 6.10 Å². The van der Waals surface area contributed by atoms with Gasteiger partial charge >= 0.3 is 0 Å². The Bertz CT molecular complexity index is 1100. The Kier molecular flexibility index (Phi) is 3.88. The number of hydrogen-bond donors (Lipinski definition) is 0. The molecule has 0 saturated carbocycles. The maximum atomic E-state index is 12.8. The topological polar surface area (TPSA) is 45.1 Å². The van der Waals surface area contributed by atoms with Crippen LogP contribution < -0.4 is 9.75 Å². The predicted octanol–water partition coefficient (Wildman–Crippen LogP) is 3.89. The van der Waals surface area contributed by atoms with Gasteiger partial charge in [0.2, 0.25) is 0 Å². The lowest BCUT2D eigenvalue weighted by Crippen LogP contribution is -2.66. The van der Waals surface area contributed by atoms with Gasteiger partial charge in [-0.05, 0) is 29.8 Å². The maximum Gasteiger partial charge on any atom is 0.266 e. The second kappa shape index (κ2) is 6.73. The molecule has 3 aromatic carbocycles. The van der Waals surface area contributed by atoms with Crippen molar-refractivity contribution in [3.05, 3.63) is 96.6 Å². The highest BCUT2D eigenvalue weighted by Gasteiger charge is 2.63. The number of benzene rings is 3. The van der Waals surface area contributed by atoms with Gasteiger partial charge in [-0.15, -0.1) is 0 Å². The molecule has 5 heteroatoms. The monoisotopic (exact) mass is 395 g/mol. The van der Waals surface area contributed by atoms with E-state index in [1.54, 1.807) is 0 Å². The third-order valence-corrected chi connectivity index (χ3v) is 6.29. The van der Waals surface area contributed by atoms with Crippen LogP contribution in [0.2, 0.25) is 0 Å². The molecule has 6 rings (SSSR count). The third kappa shape index (κ3) is 2.55. The van der Waals surface area contributed by atoms with Crippen LogP contribution in [0, 0.1) is 5.92 Å². The molecular formula is C25H21N3O2. The molecule has 0 spiro atoms. The van der Waals surface area contributed by atoms with E-state index in [0.29, 0.717) is 6.54 Å². The molecule has 3 aliphatic heterocycles. The average Bonchev–Trinajstić information content (AvgIpc) is 3.33. The Hall–Kier alpha value is -3.60. The second-order valence-electron chi connectivity index (χ2n) is 7.96. The molecule has 2 fully saturated rings.